The van der Waals surface area contributed by atoms with Crippen molar-refractivity contribution in [1.29, 1.82) is 0 Å². The van der Waals surface area contributed by atoms with Gasteiger partial charge in [0.2, 0.25) is 0 Å². The van der Waals surface area contributed by atoms with Crippen LogP contribution in [-0.4, -0.2) is 12.7 Å². The van der Waals surface area contributed by atoms with Gasteiger partial charge in [0.1, 0.15) is 0 Å². The second-order valence-corrected chi connectivity index (χ2v) is 10.2. The van der Waals surface area contributed by atoms with E-state index in [0.29, 0.717) is 6.10 Å². The van der Waals surface area contributed by atoms with E-state index in [0.717, 1.165) is 6.61 Å². The van der Waals surface area contributed by atoms with Crippen molar-refractivity contribution < 1.29 is 4.74 Å². The average molecular weight is 437 g/mol. The number of unbranched alkanes of at least 4 members (excludes halogenated alkanes) is 15. The van der Waals surface area contributed by atoms with Crippen molar-refractivity contribution in [3.05, 3.63) is 22.4 Å². The van der Waals surface area contributed by atoms with Crippen LogP contribution in [0.15, 0.2) is 17.5 Å². The molecule has 176 valence electrons. The molecule has 0 N–H and O–H groups in total. The van der Waals surface area contributed by atoms with Gasteiger partial charge in [-0.05, 0) is 37.1 Å². The third-order valence-electron chi connectivity index (χ3n) is 6.27. The van der Waals surface area contributed by atoms with E-state index in [2.05, 4.69) is 31.4 Å². The summed E-state index contributed by atoms with van der Waals surface area (Å²) in [6.07, 6.45) is 27.8. The Morgan fingerprint density at radius 2 is 1.20 bits per heavy atom. The molecule has 0 aliphatic carbocycles. The molecular weight excluding hydrogens is 384 g/mol. The first-order valence-corrected chi connectivity index (χ1v) is 14.4. The maximum Gasteiger partial charge on any atom is 0.0578 e. The van der Waals surface area contributed by atoms with Crippen LogP contribution < -0.4 is 0 Å². The van der Waals surface area contributed by atoms with E-state index in [-0.39, 0.29) is 0 Å². The Hall–Kier alpha value is -0.340. The van der Waals surface area contributed by atoms with Crippen LogP contribution in [0.2, 0.25) is 0 Å². The zero-order valence-electron chi connectivity index (χ0n) is 20.5. The van der Waals surface area contributed by atoms with E-state index in [1.807, 2.05) is 11.3 Å². The lowest BCUT2D eigenvalue weighted by atomic mass is 10.0. The van der Waals surface area contributed by atoms with E-state index in [4.69, 9.17) is 4.74 Å². The Bertz CT molecular complexity index is 428. The van der Waals surface area contributed by atoms with Crippen LogP contribution in [0.5, 0.6) is 0 Å². The highest BCUT2D eigenvalue weighted by Crippen LogP contribution is 2.18. The molecule has 30 heavy (non-hydrogen) atoms. The predicted octanol–water partition coefficient (Wildman–Crippen LogP) is 10.1. The second-order valence-electron chi connectivity index (χ2n) is 9.20. The van der Waals surface area contributed by atoms with Gasteiger partial charge in [-0.3, -0.25) is 0 Å². The summed E-state index contributed by atoms with van der Waals surface area (Å²) in [6, 6.07) is 4.45. The zero-order valence-corrected chi connectivity index (χ0v) is 21.3. The zero-order chi connectivity index (χ0) is 21.5. The maximum atomic E-state index is 6.36. The van der Waals surface area contributed by atoms with Gasteiger partial charge in [-0.1, -0.05) is 123 Å². The van der Waals surface area contributed by atoms with Crippen molar-refractivity contribution in [3.63, 3.8) is 0 Å². The van der Waals surface area contributed by atoms with Gasteiger partial charge in [-0.25, -0.2) is 0 Å². The Balaban J connectivity index is 2.07. The number of hydrogen-bond acceptors (Lipinski definition) is 2. The highest BCUT2D eigenvalue weighted by molar-refractivity contribution is 7.09. The second kappa shape index (κ2) is 21.9. The summed E-state index contributed by atoms with van der Waals surface area (Å²) < 4.78 is 6.36. The SMILES string of the molecule is CCCCCCCCCCCCOC(CCCCCCCCC)CCc1cccs1. The molecule has 1 nitrogen and oxygen atoms in total. The monoisotopic (exact) mass is 436 g/mol. The standard InChI is InChI=1S/C28H52OS/c1-3-5-7-9-11-12-13-15-17-19-25-29-27(23-24-28-22-20-26-30-28)21-18-16-14-10-8-6-4-2/h20,22,26-27H,3-19,21,23-25H2,1-2H3. The molecule has 1 atom stereocenters. The van der Waals surface area contributed by atoms with Gasteiger partial charge in [0.05, 0.1) is 6.10 Å². The molecule has 2 heteroatoms. The van der Waals surface area contributed by atoms with Crippen molar-refractivity contribution in [1.82, 2.24) is 0 Å². The summed E-state index contributed by atoms with van der Waals surface area (Å²) >= 11 is 1.89. The average Bonchev–Trinajstić information content (AvgIpc) is 3.28. The molecule has 0 saturated carbocycles. The Morgan fingerprint density at radius 1 is 0.667 bits per heavy atom. The minimum absolute atomic E-state index is 0.473. The molecule has 1 aromatic heterocycles. The minimum atomic E-state index is 0.473. The molecule has 1 unspecified atom stereocenters. The van der Waals surface area contributed by atoms with Gasteiger partial charge in [0, 0.05) is 11.5 Å². The van der Waals surface area contributed by atoms with E-state index in [1.165, 1.54) is 133 Å². The molecule has 0 aliphatic rings. The summed E-state index contributed by atoms with van der Waals surface area (Å²) in [5.41, 5.74) is 0. The topological polar surface area (TPSA) is 9.23 Å². The van der Waals surface area contributed by atoms with E-state index in [1.54, 1.807) is 0 Å². The highest BCUT2D eigenvalue weighted by Gasteiger charge is 2.10. The molecule has 0 amide bonds. The minimum Gasteiger partial charge on any atom is -0.378 e. The maximum absolute atomic E-state index is 6.36. The van der Waals surface area contributed by atoms with Crippen LogP contribution >= 0.6 is 11.3 Å². The third kappa shape index (κ3) is 17.4. The largest absolute Gasteiger partial charge is 0.378 e. The van der Waals surface area contributed by atoms with Crippen molar-refractivity contribution in [2.24, 2.45) is 0 Å². The van der Waals surface area contributed by atoms with Crippen LogP contribution in [0.3, 0.4) is 0 Å². The molecule has 0 saturated heterocycles. The molecule has 0 spiro atoms. The van der Waals surface area contributed by atoms with Crippen molar-refractivity contribution in [3.8, 4) is 0 Å². The summed E-state index contributed by atoms with van der Waals surface area (Å²) in [4.78, 5) is 1.52. The Kier molecular flexibility index (Phi) is 20.2. The van der Waals surface area contributed by atoms with Crippen molar-refractivity contribution in [2.75, 3.05) is 6.61 Å². The van der Waals surface area contributed by atoms with Crippen LogP contribution in [-0.2, 0) is 11.2 Å². The fourth-order valence-electron chi connectivity index (χ4n) is 4.24. The van der Waals surface area contributed by atoms with E-state index < -0.39 is 0 Å². The van der Waals surface area contributed by atoms with E-state index in [9.17, 15) is 0 Å². The number of rotatable bonds is 23. The first-order chi connectivity index (χ1) is 14.9. The summed E-state index contributed by atoms with van der Waals surface area (Å²) in [5, 5.41) is 2.20. The van der Waals surface area contributed by atoms with Crippen LogP contribution in [0.4, 0.5) is 0 Å². The lowest BCUT2D eigenvalue weighted by Crippen LogP contribution is -2.15. The van der Waals surface area contributed by atoms with Crippen molar-refractivity contribution in [2.45, 2.75) is 148 Å². The Morgan fingerprint density at radius 3 is 1.73 bits per heavy atom. The summed E-state index contributed by atoms with van der Waals surface area (Å²) in [7, 11) is 0. The number of aryl methyl sites for hydroxylation is 1. The lowest BCUT2D eigenvalue weighted by molar-refractivity contribution is 0.0377. The van der Waals surface area contributed by atoms with Crippen LogP contribution in [0.25, 0.3) is 0 Å². The third-order valence-corrected chi connectivity index (χ3v) is 7.21. The fraction of sp³-hybridized carbons (Fsp3) is 0.857. The molecule has 1 aromatic rings. The molecule has 0 fully saturated rings. The first kappa shape index (κ1) is 27.7. The molecule has 0 aromatic carbocycles. The fourth-order valence-corrected chi connectivity index (χ4v) is 4.96. The highest BCUT2D eigenvalue weighted by atomic mass is 32.1. The van der Waals surface area contributed by atoms with Gasteiger partial charge in [-0.2, -0.15) is 0 Å². The molecular formula is C28H52OS. The van der Waals surface area contributed by atoms with Gasteiger partial charge >= 0.3 is 0 Å². The van der Waals surface area contributed by atoms with Crippen LogP contribution in [0, 0.1) is 0 Å². The Labute approximate surface area is 193 Å². The summed E-state index contributed by atoms with van der Waals surface area (Å²) in [5.74, 6) is 0. The first-order valence-electron chi connectivity index (χ1n) is 13.5. The van der Waals surface area contributed by atoms with Gasteiger partial charge in [0.15, 0.2) is 0 Å². The molecule has 1 heterocycles. The molecule has 1 rings (SSSR count). The van der Waals surface area contributed by atoms with Gasteiger partial charge < -0.3 is 4.74 Å². The normalized spacial score (nSPS) is 12.5. The number of thiophene rings is 1. The quantitative estimate of drug-likeness (QED) is 0.155. The van der Waals surface area contributed by atoms with Crippen LogP contribution in [0.1, 0.15) is 141 Å². The number of hydrogen-bond donors (Lipinski definition) is 0. The van der Waals surface area contributed by atoms with Gasteiger partial charge in [0.25, 0.3) is 0 Å². The van der Waals surface area contributed by atoms with E-state index >= 15 is 0 Å². The predicted molar refractivity (Wildman–Crippen MR) is 137 cm³/mol. The molecule has 0 bridgehead atoms. The summed E-state index contributed by atoms with van der Waals surface area (Å²) in [6.45, 7) is 5.57. The number of ether oxygens (including phenoxy) is 1. The molecule has 0 radical (unpaired) electrons. The van der Waals surface area contributed by atoms with Gasteiger partial charge in [-0.15, -0.1) is 11.3 Å². The van der Waals surface area contributed by atoms with Crippen molar-refractivity contribution >= 4 is 11.3 Å². The smallest absolute Gasteiger partial charge is 0.0578 e. The molecule has 0 aliphatic heterocycles. The lowest BCUT2D eigenvalue weighted by Gasteiger charge is -2.18.